The molecule has 0 unspecified atom stereocenters. The van der Waals surface area contributed by atoms with E-state index in [0.29, 0.717) is 6.42 Å². The summed E-state index contributed by atoms with van der Waals surface area (Å²) in [6.45, 7) is 4.19. The third kappa shape index (κ3) is 15.2. The summed E-state index contributed by atoms with van der Waals surface area (Å²) in [6, 6.07) is 6.17. The van der Waals surface area contributed by atoms with E-state index in [4.69, 9.17) is 0 Å². The molecule has 0 aliphatic carbocycles. The van der Waals surface area contributed by atoms with Crippen molar-refractivity contribution in [3.05, 3.63) is 30.6 Å². The zero-order valence-corrected chi connectivity index (χ0v) is 14.2. The molecule has 0 spiro atoms. The number of pyridine rings is 1. The van der Waals surface area contributed by atoms with Crippen LogP contribution in [0.2, 0.25) is 0 Å². The fourth-order valence-corrected chi connectivity index (χ4v) is 2.19. The smallest absolute Gasteiger partial charge is 0.168 e. The molecule has 0 aliphatic heterocycles. The average molecular weight is 316 g/mol. The Morgan fingerprint density at radius 3 is 2.14 bits per heavy atom. The molecule has 1 heterocycles. The van der Waals surface area contributed by atoms with Gasteiger partial charge in [0.1, 0.15) is 6.54 Å². The SMILES string of the molecule is CCCC[n+]1ccccc1.CN(C)CCCCS(=O)(=O)[O-]. The molecule has 122 valence electrons. The molecule has 0 atom stereocenters. The van der Waals surface area contributed by atoms with E-state index in [-0.39, 0.29) is 5.75 Å². The third-order valence-electron chi connectivity index (χ3n) is 2.80. The van der Waals surface area contributed by atoms with E-state index < -0.39 is 10.1 Å². The lowest BCUT2D eigenvalue weighted by atomic mass is 10.3. The van der Waals surface area contributed by atoms with E-state index in [1.807, 2.05) is 25.1 Å². The second-order valence-electron chi connectivity index (χ2n) is 5.24. The first-order chi connectivity index (χ1) is 9.85. The van der Waals surface area contributed by atoms with Gasteiger partial charge < -0.3 is 9.45 Å². The van der Waals surface area contributed by atoms with E-state index in [1.165, 1.54) is 12.8 Å². The van der Waals surface area contributed by atoms with Crippen molar-refractivity contribution in [2.45, 2.75) is 39.2 Å². The lowest BCUT2D eigenvalue weighted by molar-refractivity contribution is -0.697. The van der Waals surface area contributed by atoms with Crippen LogP contribution in [0.15, 0.2) is 30.6 Å². The summed E-state index contributed by atoms with van der Waals surface area (Å²) in [4.78, 5) is 1.96. The highest BCUT2D eigenvalue weighted by Crippen LogP contribution is 1.94. The summed E-state index contributed by atoms with van der Waals surface area (Å²) >= 11 is 0. The molecule has 6 heteroatoms. The summed E-state index contributed by atoms with van der Waals surface area (Å²) in [6.07, 6.45) is 7.97. The van der Waals surface area contributed by atoms with Gasteiger partial charge in [0.15, 0.2) is 12.4 Å². The summed E-state index contributed by atoms with van der Waals surface area (Å²) in [5.74, 6) is -0.235. The Balaban J connectivity index is 0.000000382. The molecule has 0 saturated carbocycles. The van der Waals surface area contributed by atoms with Crippen molar-refractivity contribution in [2.24, 2.45) is 0 Å². The van der Waals surface area contributed by atoms with Crippen molar-refractivity contribution in [1.82, 2.24) is 4.90 Å². The number of hydrogen-bond acceptors (Lipinski definition) is 4. The summed E-state index contributed by atoms with van der Waals surface area (Å²) in [5, 5.41) is 0. The molecule has 5 nitrogen and oxygen atoms in total. The molecular weight excluding hydrogens is 288 g/mol. The summed E-state index contributed by atoms with van der Waals surface area (Å²) < 4.78 is 32.5. The highest BCUT2D eigenvalue weighted by molar-refractivity contribution is 7.85. The fourth-order valence-electron chi connectivity index (χ4n) is 1.63. The zero-order chi connectivity index (χ0) is 16.1. The van der Waals surface area contributed by atoms with Gasteiger partial charge in [0.05, 0.1) is 10.1 Å². The van der Waals surface area contributed by atoms with Gasteiger partial charge in [0, 0.05) is 24.3 Å². The molecule has 1 aromatic heterocycles. The van der Waals surface area contributed by atoms with Crippen molar-refractivity contribution in [3.8, 4) is 0 Å². The Kier molecular flexibility index (Phi) is 11.1. The Morgan fingerprint density at radius 1 is 1.05 bits per heavy atom. The highest BCUT2D eigenvalue weighted by Gasteiger charge is 1.95. The lowest BCUT2D eigenvalue weighted by Crippen LogP contribution is -2.31. The first-order valence-corrected chi connectivity index (χ1v) is 8.95. The Labute approximate surface area is 129 Å². The molecular formula is C15H28N2O3S. The molecule has 0 aromatic carbocycles. The topological polar surface area (TPSA) is 64.3 Å². The van der Waals surface area contributed by atoms with Gasteiger partial charge in [-0.3, -0.25) is 0 Å². The van der Waals surface area contributed by atoms with E-state index in [1.54, 1.807) is 0 Å². The van der Waals surface area contributed by atoms with Gasteiger partial charge in [-0.1, -0.05) is 19.4 Å². The van der Waals surface area contributed by atoms with Crippen molar-refractivity contribution in [1.29, 1.82) is 0 Å². The molecule has 0 radical (unpaired) electrons. The standard InChI is InChI=1S/C9H14N.C6H15NO3S/c1-2-3-7-10-8-5-4-6-9-10;1-7(2)5-3-4-6-11(8,9)10/h4-6,8-9H,2-3,7H2,1H3;3-6H2,1-2H3,(H,8,9,10)/q+1;/p-1. The minimum atomic E-state index is -3.99. The molecule has 0 amide bonds. The maximum Gasteiger partial charge on any atom is 0.168 e. The number of unbranched alkanes of at least 4 members (excludes halogenated alkanes) is 2. The number of aryl methyl sites for hydroxylation is 1. The van der Waals surface area contributed by atoms with Gasteiger partial charge in [-0.15, -0.1) is 0 Å². The van der Waals surface area contributed by atoms with Crippen LogP contribution < -0.4 is 4.57 Å². The molecule has 0 saturated heterocycles. The van der Waals surface area contributed by atoms with E-state index in [0.717, 1.165) is 19.5 Å². The molecule has 0 aliphatic rings. The van der Waals surface area contributed by atoms with E-state index in [9.17, 15) is 13.0 Å². The lowest BCUT2D eigenvalue weighted by Gasteiger charge is -2.09. The summed E-state index contributed by atoms with van der Waals surface area (Å²) in [7, 11) is -0.174. The van der Waals surface area contributed by atoms with Crippen LogP contribution in [0.3, 0.4) is 0 Å². The molecule has 0 fully saturated rings. The molecule has 0 N–H and O–H groups in total. The highest BCUT2D eigenvalue weighted by atomic mass is 32.2. The van der Waals surface area contributed by atoms with Gasteiger partial charge in [0.2, 0.25) is 0 Å². The average Bonchev–Trinajstić information content (AvgIpc) is 2.42. The number of rotatable bonds is 8. The molecule has 0 bridgehead atoms. The quantitative estimate of drug-likeness (QED) is 0.415. The first-order valence-electron chi connectivity index (χ1n) is 7.37. The van der Waals surface area contributed by atoms with Crippen molar-refractivity contribution >= 4 is 10.1 Å². The monoisotopic (exact) mass is 316 g/mol. The predicted molar refractivity (Wildman–Crippen MR) is 83.9 cm³/mol. The van der Waals surface area contributed by atoms with Gasteiger partial charge in [-0.05, 0) is 33.5 Å². The van der Waals surface area contributed by atoms with Crippen molar-refractivity contribution in [3.63, 3.8) is 0 Å². The molecule has 21 heavy (non-hydrogen) atoms. The normalized spacial score (nSPS) is 11.1. The maximum atomic E-state index is 10.1. The second kappa shape index (κ2) is 11.7. The third-order valence-corrected chi connectivity index (χ3v) is 3.59. The van der Waals surface area contributed by atoms with Crippen LogP contribution >= 0.6 is 0 Å². The van der Waals surface area contributed by atoms with Crippen LogP contribution in [-0.4, -0.2) is 44.3 Å². The Morgan fingerprint density at radius 2 is 1.67 bits per heavy atom. The molecule has 1 rings (SSSR count). The minimum Gasteiger partial charge on any atom is -0.748 e. The van der Waals surface area contributed by atoms with Crippen LogP contribution in [0.4, 0.5) is 0 Å². The van der Waals surface area contributed by atoms with Crippen LogP contribution in [0, 0.1) is 0 Å². The van der Waals surface area contributed by atoms with Gasteiger partial charge in [-0.2, -0.15) is 0 Å². The van der Waals surface area contributed by atoms with Crippen molar-refractivity contribution < 1.29 is 17.5 Å². The predicted octanol–water partition coefficient (Wildman–Crippen LogP) is 1.65. The number of aromatic nitrogens is 1. The first kappa shape index (κ1) is 20.0. The van der Waals surface area contributed by atoms with Crippen LogP contribution in [0.25, 0.3) is 0 Å². The Hall–Kier alpha value is -0.980. The minimum absolute atomic E-state index is 0.235. The second-order valence-corrected chi connectivity index (χ2v) is 6.76. The van der Waals surface area contributed by atoms with Crippen LogP contribution in [0.5, 0.6) is 0 Å². The summed E-state index contributed by atoms with van der Waals surface area (Å²) in [5.41, 5.74) is 0. The fraction of sp³-hybridized carbons (Fsp3) is 0.667. The number of nitrogens with zero attached hydrogens (tertiary/aromatic N) is 2. The van der Waals surface area contributed by atoms with Crippen molar-refractivity contribution in [2.75, 3.05) is 26.4 Å². The van der Waals surface area contributed by atoms with E-state index in [2.05, 4.69) is 36.0 Å². The van der Waals surface area contributed by atoms with Gasteiger partial charge in [-0.25, -0.2) is 13.0 Å². The van der Waals surface area contributed by atoms with Gasteiger partial charge >= 0.3 is 0 Å². The van der Waals surface area contributed by atoms with E-state index >= 15 is 0 Å². The maximum absolute atomic E-state index is 10.1. The molecule has 1 aromatic rings. The number of hydrogen-bond donors (Lipinski definition) is 0. The van der Waals surface area contributed by atoms with Crippen LogP contribution in [-0.2, 0) is 16.7 Å². The Bertz CT molecular complexity index is 447. The largest absolute Gasteiger partial charge is 0.748 e. The van der Waals surface area contributed by atoms with Crippen LogP contribution in [0.1, 0.15) is 32.6 Å². The van der Waals surface area contributed by atoms with Gasteiger partial charge in [0.25, 0.3) is 0 Å². The zero-order valence-electron chi connectivity index (χ0n) is 13.4.